The quantitative estimate of drug-likeness (QED) is 0.864. The Morgan fingerprint density at radius 1 is 1.20 bits per heavy atom. The van der Waals surface area contributed by atoms with Crippen molar-refractivity contribution in [2.75, 3.05) is 32.8 Å². The van der Waals surface area contributed by atoms with Crippen LogP contribution in [0.4, 0.5) is 0 Å². The summed E-state index contributed by atoms with van der Waals surface area (Å²) >= 11 is 0. The van der Waals surface area contributed by atoms with Crippen molar-refractivity contribution < 1.29 is 9.53 Å². The highest BCUT2D eigenvalue weighted by Crippen LogP contribution is 2.22. The third-order valence-corrected chi connectivity index (χ3v) is 4.45. The van der Waals surface area contributed by atoms with E-state index in [1.54, 1.807) is 0 Å². The van der Waals surface area contributed by atoms with Gasteiger partial charge < -0.3 is 15.0 Å². The molecule has 0 saturated carbocycles. The molecule has 0 unspecified atom stereocenters. The van der Waals surface area contributed by atoms with Crippen molar-refractivity contribution in [1.82, 2.24) is 15.2 Å². The molecule has 1 aromatic heterocycles. The Kier molecular flexibility index (Phi) is 5.63. The standard InChI is InChI=1S/C19H23N3O3/c1-14-2-4-15(5-3-14)17(22-8-10-25-11-9-22)13-21-19(24)16-6-7-18(23)20-12-16/h2-7,12,17H,8-11,13H2,1H3,(H,20,23)(H,21,24)/t17-/m0/s1. The van der Waals surface area contributed by atoms with Crippen molar-refractivity contribution >= 4 is 5.91 Å². The zero-order valence-corrected chi connectivity index (χ0v) is 14.3. The van der Waals surface area contributed by atoms with Crippen LogP contribution in [-0.2, 0) is 4.74 Å². The van der Waals surface area contributed by atoms with Crippen LogP contribution in [0.3, 0.4) is 0 Å². The number of nitrogens with one attached hydrogen (secondary N) is 2. The number of pyridine rings is 1. The Morgan fingerprint density at radius 2 is 1.92 bits per heavy atom. The van der Waals surface area contributed by atoms with Gasteiger partial charge in [0, 0.05) is 31.9 Å². The Morgan fingerprint density at radius 3 is 2.56 bits per heavy atom. The molecule has 1 aliphatic rings. The molecule has 1 fully saturated rings. The van der Waals surface area contributed by atoms with Crippen LogP contribution in [0.2, 0.25) is 0 Å². The number of nitrogens with zero attached hydrogens (tertiary/aromatic N) is 1. The predicted molar refractivity (Wildman–Crippen MR) is 95.7 cm³/mol. The summed E-state index contributed by atoms with van der Waals surface area (Å²) in [5.74, 6) is -0.193. The summed E-state index contributed by atoms with van der Waals surface area (Å²) in [6, 6.07) is 11.4. The van der Waals surface area contributed by atoms with Crippen LogP contribution >= 0.6 is 0 Å². The number of hydrogen-bond acceptors (Lipinski definition) is 4. The number of amides is 1. The van der Waals surface area contributed by atoms with Gasteiger partial charge in [0.1, 0.15) is 0 Å². The molecule has 132 valence electrons. The summed E-state index contributed by atoms with van der Waals surface area (Å²) < 4.78 is 5.45. The molecule has 2 N–H and O–H groups in total. The van der Waals surface area contributed by atoms with Crippen molar-refractivity contribution in [2.24, 2.45) is 0 Å². The van der Waals surface area contributed by atoms with Gasteiger partial charge in [0.2, 0.25) is 5.56 Å². The lowest BCUT2D eigenvalue weighted by molar-refractivity contribution is 0.0162. The smallest absolute Gasteiger partial charge is 0.252 e. The maximum absolute atomic E-state index is 12.4. The van der Waals surface area contributed by atoms with Gasteiger partial charge in [0.15, 0.2) is 0 Å². The van der Waals surface area contributed by atoms with E-state index < -0.39 is 0 Å². The predicted octanol–water partition coefficient (Wildman–Crippen LogP) is 1.49. The molecule has 1 aliphatic heterocycles. The summed E-state index contributed by atoms with van der Waals surface area (Å²) in [5.41, 5.74) is 2.61. The first-order valence-corrected chi connectivity index (χ1v) is 8.49. The lowest BCUT2D eigenvalue weighted by Gasteiger charge is -2.35. The van der Waals surface area contributed by atoms with Gasteiger partial charge in [0.05, 0.1) is 24.8 Å². The summed E-state index contributed by atoms with van der Waals surface area (Å²) in [6.07, 6.45) is 1.44. The van der Waals surface area contributed by atoms with Gasteiger partial charge in [-0.3, -0.25) is 14.5 Å². The molecule has 2 heterocycles. The van der Waals surface area contributed by atoms with E-state index in [1.807, 2.05) is 0 Å². The van der Waals surface area contributed by atoms with Crippen LogP contribution < -0.4 is 10.9 Å². The fraction of sp³-hybridized carbons (Fsp3) is 0.368. The molecule has 0 bridgehead atoms. The van der Waals surface area contributed by atoms with Gasteiger partial charge in [-0.25, -0.2) is 0 Å². The first-order chi connectivity index (χ1) is 12.1. The SMILES string of the molecule is Cc1ccc([C@H](CNC(=O)c2ccc(=O)[nH]c2)N2CCOCC2)cc1. The van der Waals surface area contributed by atoms with Crippen LogP contribution in [0.15, 0.2) is 47.4 Å². The second-order valence-corrected chi connectivity index (χ2v) is 6.23. The average Bonchev–Trinajstić information content (AvgIpc) is 2.64. The number of rotatable bonds is 5. The lowest BCUT2D eigenvalue weighted by atomic mass is 10.0. The molecule has 0 spiro atoms. The molecule has 1 amide bonds. The normalized spacial score (nSPS) is 16.4. The molecule has 0 aliphatic carbocycles. The number of aryl methyl sites for hydroxylation is 1. The maximum Gasteiger partial charge on any atom is 0.252 e. The topological polar surface area (TPSA) is 74.4 Å². The highest BCUT2D eigenvalue weighted by molar-refractivity contribution is 5.93. The maximum atomic E-state index is 12.4. The van der Waals surface area contributed by atoms with Gasteiger partial charge in [-0.15, -0.1) is 0 Å². The third-order valence-electron chi connectivity index (χ3n) is 4.45. The molecule has 1 atom stereocenters. The minimum absolute atomic E-state index is 0.0937. The van der Waals surface area contributed by atoms with Gasteiger partial charge in [-0.2, -0.15) is 0 Å². The number of ether oxygens (including phenoxy) is 1. The number of aromatic amines is 1. The van der Waals surface area contributed by atoms with Crippen molar-refractivity contribution in [1.29, 1.82) is 0 Å². The van der Waals surface area contributed by atoms with E-state index in [2.05, 4.69) is 46.4 Å². The Bertz CT molecular complexity index is 744. The Labute approximate surface area is 146 Å². The molecule has 2 aromatic rings. The van der Waals surface area contributed by atoms with E-state index in [0.29, 0.717) is 25.3 Å². The summed E-state index contributed by atoms with van der Waals surface area (Å²) in [5, 5.41) is 2.99. The minimum Gasteiger partial charge on any atom is -0.379 e. The molecule has 0 radical (unpaired) electrons. The number of benzene rings is 1. The molecule has 6 heteroatoms. The number of hydrogen-bond donors (Lipinski definition) is 2. The molecule has 1 aromatic carbocycles. The Balaban J connectivity index is 1.72. The number of H-pyrrole nitrogens is 1. The molecular formula is C19H23N3O3. The lowest BCUT2D eigenvalue weighted by Crippen LogP contribution is -2.43. The van der Waals surface area contributed by atoms with Gasteiger partial charge in [0.25, 0.3) is 5.91 Å². The van der Waals surface area contributed by atoms with E-state index in [9.17, 15) is 9.59 Å². The van der Waals surface area contributed by atoms with E-state index in [-0.39, 0.29) is 17.5 Å². The fourth-order valence-electron chi connectivity index (χ4n) is 2.98. The van der Waals surface area contributed by atoms with Crippen LogP contribution in [0.25, 0.3) is 0 Å². The largest absolute Gasteiger partial charge is 0.379 e. The van der Waals surface area contributed by atoms with E-state index in [1.165, 1.54) is 29.5 Å². The number of morpholine rings is 1. The van der Waals surface area contributed by atoms with E-state index in [4.69, 9.17) is 4.74 Å². The third kappa shape index (κ3) is 4.55. The van der Waals surface area contributed by atoms with Crippen LogP contribution in [0, 0.1) is 6.92 Å². The summed E-state index contributed by atoms with van der Waals surface area (Å²) in [6.45, 7) is 5.65. The molecule has 1 saturated heterocycles. The fourth-order valence-corrected chi connectivity index (χ4v) is 2.98. The van der Waals surface area contributed by atoms with Crippen LogP contribution in [-0.4, -0.2) is 48.6 Å². The number of aromatic nitrogens is 1. The van der Waals surface area contributed by atoms with Crippen molar-refractivity contribution in [3.8, 4) is 0 Å². The molecular weight excluding hydrogens is 318 g/mol. The second kappa shape index (κ2) is 8.09. The van der Waals surface area contributed by atoms with Crippen molar-refractivity contribution in [3.63, 3.8) is 0 Å². The zero-order valence-electron chi connectivity index (χ0n) is 14.3. The summed E-state index contributed by atoms with van der Waals surface area (Å²) in [7, 11) is 0. The minimum atomic E-state index is -0.220. The number of carbonyl (C=O) groups is 1. The zero-order chi connectivity index (χ0) is 17.6. The van der Waals surface area contributed by atoms with E-state index in [0.717, 1.165) is 13.1 Å². The highest BCUT2D eigenvalue weighted by Gasteiger charge is 2.23. The van der Waals surface area contributed by atoms with Gasteiger partial charge in [-0.05, 0) is 18.6 Å². The summed E-state index contributed by atoms with van der Waals surface area (Å²) in [4.78, 5) is 28.3. The first-order valence-electron chi connectivity index (χ1n) is 8.49. The number of carbonyl (C=O) groups excluding carboxylic acids is 1. The highest BCUT2D eigenvalue weighted by atomic mass is 16.5. The van der Waals surface area contributed by atoms with Crippen molar-refractivity contribution in [3.05, 3.63) is 69.6 Å². The average molecular weight is 341 g/mol. The molecule has 6 nitrogen and oxygen atoms in total. The van der Waals surface area contributed by atoms with Crippen LogP contribution in [0.5, 0.6) is 0 Å². The monoisotopic (exact) mass is 341 g/mol. The van der Waals surface area contributed by atoms with Crippen LogP contribution in [0.1, 0.15) is 27.5 Å². The molecule has 3 rings (SSSR count). The Hall–Kier alpha value is -2.44. The first kappa shape index (κ1) is 17.4. The van der Waals surface area contributed by atoms with Crippen molar-refractivity contribution in [2.45, 2.75) is 13.0 Å². The molecule has 25 heavy (non-hydrogen) atoms. The second-order valence-electron chi connectivity index (χ2n) is 6.23. The van der Waals surface area contributed by atoms with Gasteiger partial charge >= 0.3 is 0 Å². The van der Waals surface area contributed by atoms with E-state index >= 15 is 0 Å². The van der Waals surface area contributed by atoms with Gasteiger partial charge in [-0.1, -0.05) is 29.8 Å².